The standard InChI is InChI=1S/C10H15NO/c11-10-4-2-7-1-3-9(12,6-10)5-8(7)10/h1,8,12H,2-6,11H2. The summed E-state index contributed by atoms with van der Waals surface area (Å²) in [5.41, 5.74) is 7.31. The zero-order valence-electron chi connectivity index (χ0n) is 7.21. The summed E-state index contributed by atoms with van der Waals surface area (Å²) in [6.45, 7) is 0. The minimum atomic E-state index is -0.441. The number of aliphatic hydroxyl groups is 1. The van der Waals surface area contributed by atoms with Gasteiger partial charge in [-0.25, -0.2) is 0 Å². The van der Waals surface area contributed by atoms with Gasteiger partial charge in [0.25, 0.3) is 0 Å². The minimum Gasteiger partial charge on any atom is -0.389 e. The van der Waals surface area contributed by atoms with Gasteiger partial charge in [0.15, 0.2) is 0 Å². The molecule has 3 rings (SSSR count). The molecule has 0 heterocycles. The van der Waals surface area contributed by atoms with Crippen molar-refractivity contribution in [1.82, 2.24) is 0 Å². The van der Waals surface area contributed by atoms with Crippen molar-refractivity contribution in [2.75, 3.05) is 0 Å². The molecule has 2 nitrogen and oxygen atoms in total. The monoisotopic (exact) mass is 165 g/mol. The lowest BCUT2D eigenvalue weighted by molar-refractivity contribution is 0.0382. The summed E-state index contributed by atoms with van der Waals surface area (Å²) in [7, 11) is 0. The quantitative estimate of drug-likeness (QED) is 0.525. The third-order valence-electron chi connectivity index (χ3n) is 4.01. The Morgan fingerprint density at radius 2 is 2.42 bits per heavy atom. The molecule has 3 atom stereocenters. The summed E-state index contributed by atoms with van der Waals surface area (Å²) in [6.07, 6.45) is 7.09. The van der Waals surface area contributed by atoms with E-state index in [1.807, 2.05) is 0 Å². The van der Waals surface area contributed by atoms with E-state index in [4.69, 9.17) is 5.73 Å². The molecule has 66 valence electrons. The van der Waals surface area contributed by atoms with E-state index >= 15 is 0 Å². The second kappa shape index (κ2) is 1.78. The maximum atomic E-state index is 10.1. The van der Waals surface area contributed by atoms with Gasteiger partial charge in [-0.3, -0.25) is 0 Å². The van der Waals surface area contributed by atoms with Crippen LogP contribution >= 0.6 is 0 Å². The highest BCUT2D eigenvalue weighted by Crippen LogP contribution is 2.56. The first-order chi connectivity index (χ1) is 5.61. The molecular formula is C10H15NO. The van der Waals surface area contributed by atoms with Gasteiger partial charge >= 0.3 is 0 Å². The van der Waals surface area contributed by atoms with Gasteiger partial charge in [-0.1, -0.05) is 11.6 Å². The molecule has 3 unspecified atom stereocenters. The van der Waals surface area contributed by atoms with E-state index in [2.05, 4.69) is 6.08 Å². The lowest BCUT2D eigenvalue weighted by Gasteiger charge is -2.26. The molecule has 0 aromatic heterocycles. The fraction of sp³-hybridized carbons (Fsp3) is 0.800. The average molecular weight is 165 g/mol. The van der Waals surface area contributed by atoms with Gasteiger partial charge < -0.3 is 10.8 Å². The Balaban J connectivity index is 2.12. The molecule has 3 aliphatic carbocycles. The number of hydrogen-bond acceptors (Lipinski definition) is 2. The molecule has 3 N–H and O–H groups in total. The Morgan fingerprint density at radius 3 is 3.25 bits per heavy atom. The van der Waals surface area contributed by atoms with Crippen molar-refractivity contribution in [3.8, 4) is 0 Å². The number of fused-ring (bicyclic) bond motifs is 1. The fourth-order valence-corrected chi connectivity index (χ4v) is 3.43. The van der Waals surface area contributed by atoms with Crippen LogP contribution in [0.2, 0.25) is 0 Å². The van der Waals surface area contributed by atoms with Crippen LogP contribution in [-0.4, -0.2) is 16.2 Å². The molecule has 2 saturated carbocycles. The molecule has 3 aliphatic rings. The van der Waals surface area contributed by atoms with Gasteiger partial charge in [-0.15, -0.1) is 0 Å². The van der Waals surface area contributed by atoms with Gasteiger partial charge in [0.2, 0.25) is 0 Å². The molecule has 0 spiro atoms. The van der Waals surface area contributed by atoms with E-state index in [0.717, 1.165) is 25.7 Å². The summed E-state index contributed by atoms with van der Waals surface area (Å²) < 4.78 is 0. The fourth-order valence-electron chi connectivity index (χ4n) is 3.43. The summed E-state index contributed by atoms with van der Waals surface area (Å²) in [4.78, 5) is 0. The molecule has 0 amide bonds. The van der Waals surface area contributed by atoms with Crippen molar-refractivity contribution in [2.24, 2.45) is 11.7 Å². The molecule has 0 aromatic rings. The van der Waals surface area contributed by atoms with E-state index in [-0.39, 0.29) is 5.54 Å². The Morgan fingerprint density at radius 1 is 1.58 bits per heavy atom. The van der Waals surface area contributed by atoms with Crippen molar-refractivity contribution in [2.45, 2.75) is 43.2 Å². The van der Waals surface area contributed by atoms with Crippen LogP contribution < -0.4 is 5.73 Å². The predicted molar refractivity (Wildman–Crippen MR) is 46.5 cm³/mol. The van der Waals surface area contributed by atoms with Crippen LogP contribution in [0.15, 0.2) is 11.6 Å². The van der Waals surface area contributed by atoms with Crippen LogP contribution in [0, 0.1) is 5.92 Å². The van der Waals surface area contributed by atoms with Crippen LogP contribution in [-0.2, 0) is 0 Å². The van der Waals surface area contributed by atoms with Gasteiger partial charge in [-0.2, -0.15) is 0 Å². The van der Waals surface area contributed by atoms with Crippen LogP contribution in [0.1, 0.15) is 32.1 Å². The Bertz CT molecular complexity index is 273. The van der Waals surface area contributed by atoms with Gasteiger partial charge in [0, 0.05) is 11.5 Å². The zero-order chi connectivity index (χ0) is 8.40. The van der Waals surface area contributed by atoms with Crippen LogP contribution in [0.3, 0.4) is 0 Å². The molecule has 0 saturated heterocycles. The molecule has 2 bridgehead atoms. The first kappa shape index (κ1) is 7.10. The molecule has 0 radical (unpaired) electrons. The first-order valence-corrected chi connectivity index (χ1v) is 4.82. The largest absolute Gasteiger partial charge is 0.389 e. The maximum absolute atomic E-state index is 10.1. The Hall–Kier alpha value is -0.340. The highest BCUT2D eigenvalue weighted by Gasteiger charge is 2.57. The lowest BCUT2D eigenvalue weighted by Crippen LogP contribution is -2.40. The van der Waals surface area contributed by atoms with Crippen LogP contribution in [0.4, 0.5) is 0 Å². The maximum Gasteiger partial charge on any atom is 0.0706 e. The Labute approximate surface area is 72.5 Å². The summed E-state index contributed by atoms with van der Waals surface area (Å²) in [5.74, 6) is 0.510. The molecule has 12 heavy (non-hydrogen) atoms. The van der Waals surface area contributed by atoms with E-state index in [1.165, 1.54) is 12.0 Å². The summed E-state index contributed by atoms with van der Waals surface area (Å²) >= 11 is 0. The van der Waals surface area contributed by atoms with E-state index < -0.39 is 5.60 Å². The van der Waals surface area contributed by atoms with E-state index in [1.54, 1.807) is 0 Å². The molecule has 2 fully saturated rings. The number of rotatable bonds is 0. The lowest BCUT2D eigenvalue weighted by atomic mass is 9.86. The van der Waals surface area contributed by atoms with Gasteiger partial charge in [0.1, 0.15) is 0 Å². The van der Waals surface area contributed by atoms with E-state index in [9.17, 15) is 5.11 Å². The highest BCUT2D eigenvalue weighted by atomic mass is 16.3. The van der Waals surface area contributed by atoms with Crippen molar-refractivity contribution in [3.63, 3.8) is 0 Å². The molecule has 0 aromatic carbocycles. The first-order valence-electron chi connectivity index (χ1n) is 4.82. The van der Waals surface area contributed by atoms with Crippen LogP contribution in [0.5, 0.6) is 0 Å². The SMILES string of the molecule is NC12CCC3=CCC(O)(CC31)C2. The summed E-state index contributed by atoms with van der Waals surface area (Å²) in [5, 5.41) is 10.1. The molecule has 2 heteroatoms. The van der Waals surface area contributed by atoms with Crippen molar-refractivity contribution < 1.29 is 5.11 Å². The average Bonchev–Trinajstić information content (AvgIpc) is 2.35. The summed E-state index contributed by atoms with van der Waals surface area (Å²) in [6, 6.07) is 0. The highest BCUT2D eigenvalue weighted by molar-refractivity contribution is 5.31. The van der Waals surface area contributed by atoms with Crippen molar-refractivity contribution in [1.29, 1.82) is 0 Å². The second-order valence-corrected chi connectivity index (χ2v) is 4.87. The predicted octanol–water partition coefficient (Wildman–Crippen LogP) is 0.949. The third-order valence-corrected chi connectivity index (χ3v) is 4.01. The van der Waals surface area contributed by atoms with Gasteiger partial charge in [0.05, 0.1) is 5.60 Å². The normalized spacial score (nSPS) is 55.8. The van der Waals surface area contributed by atoms with Crippen LogP contribution in [0.25, 0.3) is 0 Å². The molecule has 0 aliphatic heterocycles. The van der Waals surface area contributed by atoms with Crippen molar-refractivity contribution in [3.05, 3.63) is 11.6 Å². The van der Waals surface area contributed by atoms with Crippen molar-refractivity contribution >= 4 is 0 Å². The zero-order valence-corrected chi connectivity index (χ0v) is 7.21. The Kier molecular flexibility index (Phi) is 1.05. The molecular weight excluding hydrogens is 150 g/mol. The van der Waals surface area contributed by atoms with E-state index in [0.29, 0.717) is 5.92 Å². The number of nitrogens with two attached hydrogens (primary N) is 1. The third kappa shape index (κ3) is 0.679. The smallest absolute Gasteiger partial charge is 0.0706 e. The topological polar surface area (TPSA) is 46.2 Å². The van der Waals surface area contributed by atoms with Gasteiger partial charge in [-0.05, 0) is 32.1 Å². The second-order valence-electron chi connectivity index (χ2n) is 4.87. The minimum absolute atomic E-state index is 0.0446. The number of hydrogen-bond donors (Lipinski definition) is 2.